The van der Waals surface area contributed by atoms with E-state index < -0.39 is 5.54 Å². The monoisotopic (exact) mass is 329 g/mol. The number of aliphatic hydroxyl groups is 1. The van der Waals surface area contributed by atoms with E-state index in [2.05, 4.69) is 22.2 Å². The van der Waals surface area contributed by atoms with Crippen LogP contribution in [0.3, 0.4) is 0 Å². The van der Waals surface area contributed by atoms with Gasteiger partial charge in [-0.15, -0.1) is 0 Å². The number of nitrogens with one attached hydrogen (secondary N) is 1. The fraction of sp³-hybridized carbons (Fsp3) is 0.643. The van der Waals surface area contributed by atoms with E-state index in [0.717, 1.165) is 25.7 Å². The van der Waals surface area contributed by atoms with Gasteiger partial charge in [0.1, 0.15) is 0 Å². The third-order valence-electron chi connectivity index (χ3n) is 3.89. The third kappa shape index (κ3) is 3.87. The molecule has 0 radical (unpaired) electrons. The minimum Gasteiger partial charge on any atom is -0.394 e. The normalized spacial score (nSPS) is 25.6. The van der Waals surface area contributed by atoms with E-state index in [4.69, 9.17) is 11.6 Å². The van der Waals surface area contributed by atoms with Crippen molar-refractivity contribution in [3.8, 4) is 0 Å². The average molecular weight is 330 g/mol. The van der Waals surface area contributed by atoms with Crippen LogP contribution >= 0.6 is 23.4 Å². The molecule has 116 valence electrons. The standard InChI is InChI=1S/C14H20ClN3O2S/c1-9-4-3-5-14(6-9,8-19)18-12(20)11-10(15)7-16-13(17-11)21-2/h7,9,19H,3-6,8H2,1-2H3,(H,18,20). The zero-order chi connectivity index (χ0) is 15.5. The molecule has 1 amide bonds. The molecule has 1 heterocycles. The summed E-state index contributed by atoms with van der Waals surface area (Å²) in [7, 11) is 0. The quantitative estimate of drug-likeness (QED) is 0.656. The van der Waals surface area contributed by atoms with Crippen molar-refractivity contribution in [2.75, 3.05) is 12.9 Å². The van der Waals surface area contributed by atoms with E-state index in [-0.39, 0.29) is 23.2 Å². The van der Waals surface area contributed by atoms with Crippen LogP contribution in [0.1, 0.15) is 43.1 Å². The molecule has 21 heavy (non-hydrogen) atoms. The lowest BCUT2D eigenvalue weighted by atomic mass is 9.77. The number of carbonyl (C=O) groups excluding carboxylic acids is 1. The molecule has 0 spiro atoms. The molecule has 7 heteroatoms. The van der Waals surface area contributed by atoms with Crippen LogP contribution in [-0.4, -0.2) is 39.4 Å². The molecule has 1 aromatic rings. The summed E-state index contributed by atoms with van der Waals surface area (Å²) < 4.78 is 0. The van der Waals surface area contributed by atoms with Gasteiger partial charge in [0, 0.05) is 0 Å². The molecule has 0 saturated heterocycles. The van der Waals surface area contributed by atoms with Gasteiger partial charge in [-0.1, -0.05) is 43.1 Å². The third-order valence-corrected chi connectivity index (χ3v) is 4.73. The second-order valence-corrected chi connectivity index (χ2v) is 6.83. The van der Waals surface area contributed by atoms with Gasteiger partial charge in [0.05, 0.1) is 23.4 Å². The predicted octanol–water partition coefficient (Wildman–Crippen LogP) is 2.52. The summed E-state index contributed by atoms with van der Waals surface area (Å²) in [6, 6.07) is 0. The number of hydrogen-bond donors (Lipinski definition) is 2. The summed E-state index contributed by atoms with van der Waals surface area (Å²) in [6.45, 7) is 2.07. The van der Waals surface area contributed by atoms with E-state index in [1.165, 1.54) is 18.0 Å². The molecule has 1 aliphatic rings. The van der Waals surface area contributed by atoms with E-state index in [1.807, 2.05) is 6.26 Å². The minimum absolute atomic E-state index is 0.0683. The van der Waals surface area contributed by atoms with Crippen molar-refractivity contribution >= 4 is 29.3 Å². The maximum absolute atomic E-state index is 12.5. The Morgan fingerprint density at radius 3 is 3.05 bits per heavy atom. The van der Waals surface area contributed by atoms with Crippen molar-refractivity contribution < 1.29 is 9.90 Å². The van der Waals surface area contributed by atoms with Crippen LogP contribution in [0.2, 0.25) is 5.02 Å². The lowest BCUT2D eigenvalue weighted by Crippen LogP contribution is -2.54. The van der Waals surface area contributed by atoms with Gasteiger partial charge < -0.3 is 10.4 Å². The van der Waals surface area contributed by atoms with Gasteiger partial charge in [0.2, 0.25) is 0 Å². The number of carbonyl (C=O) groups is 1. The number of hydrogen-bond acceptors (Lipinski definition) is 5. The highest BCUT2D eigenvalue weighted by atomic mass is 35.5. The number of rotatable bonds is 4. The Morgan fingerprint density at radius 1 is 1.67 bits per heavy atom. The lowest BCUT2D eigenvalue weighted by molar-refractivity contribution is 0.0692. The van der Waals surface area contributed by atoms with Crippen LogP contribution in [0, 0.1) is 5.92 Å². The second-order valence-electron chi connectivity index (χ2n) is 5.65. The van der Waals surface area contributed by atoms with Gasteiger partial charge >= 0.3 is 0 Å². The zero-order valence-corrected chi connectivity index (χ0v) is 13.8. The molecule has 0 bridgehead atoms. The van der Waals surface area contributed by atoms with Crippen LogP contribution < -0.4 is 5.32 Å². The average Bonchev–Trinajstić information content (AvgIpc) is 2.47. The van der Waals surface area contributed by atoms with Gasteiger partial charge in [0.25, 0.3) is 5.91 Å². The molecule has 1 fully saturated rings. The first kappa shape index (κ1) is 16.5. The number of nitrogens with zero attached hydrogens (tertiary/aromatic N) is 2. The smallest absolute Gasteiger partial charge is 0.272 e. The van der Waals surface area contributed by atoms with Crippen LogP contribution in [0.25, 0.3) is 0 Å². The number of amides is 1. The predicted molar refractivity (Wildman–Crippen MR) is 83.7 cm³/mol. The molecule has 2 unspecified atom stereocenters. The first-order valence-electron chi connectivity index (χ1n) is 6.99. The molecule has 1 aliphatic carbocycles. The van der Waals surface area contributed by atoms with Crippen molar-refractivity contribution in [1.29, 1.82) is 0 Å². The highest BCUT2D eigenvalue weighted by Crippen LogP contribution is 2.32. The van der Waals surface area contributed by atoms with E-state index >= 15 is 0 Å². The molecule has 0 aliphatic heterocycles. The van der Waals surface area contributed by atoms with Gasteiger partial charge in [0.15, 0.2) is 10.9 Å². The first-order valence-corrected chi connectivity index (χ1v) is 8.60. The second kappa shape index (κ2) is 6.94. The number of halogens is 1. The van der Waals surface area contributed by atoms with Crippen molar-refractivity contribution in [1.82, 2.24) is 15.3 Å². The molecule has 5 nitrogen and oxygen atoms in total. The Morgan fingerprint density at radius 2 is 2.43 bits per heavy atom. The summed E-state index contributed by atoms with van der Waals surface area (Å²) in [4.78, 5) is 20.7. The zero-order valence-electron chi connectivity index (χ0n) is 12.2. The highest BCUT2D eigenvalue weighted by Gasteiger charge is 2.36. The molecular formula is C14H20ClN3O2S. The molecule has 2 rings (SSSR count). The molecular weight excluding hydrogens is 310 g/mol. The SMILES string of the molecule is CSc1ncc(Cl)c(C(=O)NC2(CO)CCCC(C)C2)n1. The van der Waals surface area contributed by atoms with Crippen molar-refractivity contribution in [2.45, 2.75) is 43.3 Å². The lowest BCUT2D eigenvalue weighted by Gasteiger charge is -2.39. The van der Waals surface area contributed by atoms with E-state index in [9.17, 15) is 9.90 Å². The Kier molecular flexibility index (Phi) is 5.46. The largest absolute Gasteiger partial charge is 0.394 e. The maximum Gasteiger partial charge on any atom is 0.272 e. The molecule has 2 atom stereocenters. The fourth-order valence-corrected chi connectivity index (χ4v) is 3.38. The molecule has 2 N–H and O–H groups in total. The van der Waals surface area contributed by atoms with Crippen LogP contribution in [0.4, 0.5) is 0 Å². The fourth-order valence-electron chi connectivity index (χ4n) is 2.87. The summed E-state index contributed by atoms with van der Waals surface area (Å²) >= 11 is 7.38. The summed E-state index contributed by atoms with van der Waals surface area (Å²) in [5.41, 5.74) is -0.398. The number of aliphatic hydroxyl groups excluding tert-OH is 1. The van der Waals surface area contributed by atoms with Gasteiger partial charge in [-0.2, -0.15) is 0 Å². The highest BCUT2D eigenvalue weighted by molar-refractivity contribution is 7.98. The molecule has 1 aromatic heterocycles. The van der Waals surface area contributed by atoms with Crippen molar-refractivity contribution in [3.63, 3.8) is 0 Å². The first-order chi connectivity index (χ1) is 9.99. The molecule has 0 aromatic carbocycles. The van der Waals surface area contributed by atoms with Gasteiger partial charge in [-0.25, -0.2) is 9.97 Å². The number of thioether (sulfide) groups is 1. The van der Waals surface area contributed by atoms with Crippen LogP contribution in [0.15, 0.2) is 11.4 Å². The summed E-state index contributed by atoms with van der Waals surface area (Å²) in [5, 5.41) is 13.4. The van der Waals surface area contributed by atoms with Crippen molar-refractivity contribution in [2.24, 2.45) is 5.92 Å². The Labute approximate surface area is 133 Å². The molecule has 1 saturated carbocycles. The Hall–Kier alpha value is -0.850. The van der Waals surface area contributed by atoms with Crippen LogP contribution in [0.5, 0.6) is 0 Å². The summed E-state index contributed by atoms with van der Waals surface area (Å²) in [6.07, 6.45) is 6.94. The summed E-state index contributed by atoms with van der Waals surface area (Å²) in [5.74, 6) is 0.134. The van der Waals surface area contributed by atoms with E-state index in [0.29, 0.717) is 11.1 Å². The van der Waals surface area contributed by atoms with E-state index in [1.54, 1.807) is 0 Å². The topological polar surface area (TPSA) is 75.1 Å². The Bertz CT molecular complexity index is 529. The Balaban J connectivity index is 2.20. The van der Waals surface area contributed by atoms with Gasteiger partial charge in [-0.05, 0) is 25.0 Å². The van der Waals surface area contributed by atoms with Gasteiger partial charge in [-0.3, -0.25) is 4.79 Å². The number of aromatic nitrogens is 2. The van der Waals surface area contributed by atoms with Crippen molar-refractivity contribution in [3.05, 3.63) is 16.9 Å². The van der Waals surface area contributed by atoms with Crippen LogP contribution in [-0.2, 0) is 0 Å². The minimum atomic E-state index is -0.567. The maximum atomic E-state index is 12.5.